The predicted octanol–water partition coefficient (Wildman–Crippen LogP) is 3.08. The molecule has 12 atom stereocenters. The first kappa shape index (κ1) is 32.6. The van der Waals surface area contributed by atoms with E-state index in [2.05, 4.69) is 6.92 Å². The highest BCUT2D eigenvalue weighted by atomic mass is 16.6. The van der Waals surface area contributed by atoms with Crippen LogP contribution < -0.4 is 0 Å². The van der Waals surface area contributed by atoms with Gasteiger partial charge in [0, 0.05) is 40.9 Å². The number of carbonyl (C=O) groups is 5. The minimum absolute atomic E-state index is 0.0209. The van der Waals surface area contributed by atoms with Crippen LogP contribution in [0.2, 0.25) is 0 Å². The third kappa shape index (κ3) is 3.73. The molecule has 49 heavy (non-hydrogen) atoms. The Bertz CT molecular complexity index is 1800. The number of ether oxygens (including phenoxy) is 4. The lowest BCUT2D eigenvalue weighted by Crippen LogP contribution is -2.67. The molecule has 0 amide bonds. The molecule has 11 heteroatoms. The molecular formula is C38H44O11. The third-order valence-electron chi connectivity index (χ3n) is 14.6. The molecule has 0 aromatic heterocycles. The molecule has 1 unspecified atom stereocenters. The van der Waals surface area contributed by atoms with Crippen molar-refractivity contribution in [2.45, 2.75) is 84.5 Å². The number of hydrogen-bond donors (Lipinski definition) is 2. The van der Waals surface area contributed by atoms with Crippen molar-refractivity contribution in [3.8, 4) is 0 Å². The molecule has 1 spiro atoms. The van der Waals surface area contributed by atoms with Crippen LogP contribution in [-0.4, -0.2) is 77.5 Å². The number of hydrogen-bond acceptors (Lipinski definition) is 11. The minimum Gasteiger partial charge on any atom is -0.466 e. The predicted molar refractivity (Wildman–Crippen MR) is 170 cm³/mol. The average Bonchev–Trinajstić information content (AvgIpc) is 3.98. The Labute approximate surface area is 284 Å². The molecule has 0 saturated heterocycles. The summed E-state index contributed by atoms with van der Waals surface area (Å²) in [6.45, 7) is 9.67. The average molecular weight is 677 g/mol. The van der Waals surface area contributed by atoms with Crippen molar-refractivity contribution < 1.29 is 53.1 Å². The van der Waals surface area contributed by atoms with E-state index in [1.807, 2.05) is 6.92 Å². The summed E-state index contributed by atoms with van der Waals surface area (Å²) < 4.78 is 23.0. The van der Waals surface area contributed by atoms with Gasteiger partial charge in [0.05, 0.1) is 18.6 Å². The summed E-state index contributed by atoms with van der Waals surface area (Å²) >= 11 is 0. The second kappa shape index (κ2) is 10.0. The van der Waals surface area contributed by atoms with Crippen molar-refractivity contribution in [2.75, 3.05) is 20.3 Å². The third-order valence-corrected chi connectivity index (χ3v) is 14.6. The molecule has 0 aromatic rings. The number of ketones is 1. The smallest absolute Gasteiger partial charge is 0.338 e. The van der Waals surface area contributed by atoms with Crippen LogP contribution in [0.15, 0.2) is 45.1 Å². The van der Waals surface area contributed by atoms with Crippen LogP contribution in [0.4, 0.5) is 0 Å². The van der Waals surface area contributed by atoms with E-state index in [9.17, 15) is 34.2 Å². The lowest BCUT2D eigenvalue weighted by molar-refractivity contribution is -0.191. The second-order valence-electron chi connectivity index (χ2n) is 16.2. The highest BCUT2D eigenvalue weighted by molar-refractivity contribution is 6.09. The van der Waals surface area contributed by atoms with E-state index < -0.39 is 75.6 Å². The van der Waals surface area contributed by atoms with Crippen LogP contribution in [-0.2, 0) is 42.9 Å². The van der Waals surface area contributed by atoms with E-state index in [0.29, 0.717) is 24.0 Å². The van der Waals surface area contributed by atoms with Gasteiger partial charge in [-0.15, -0.1) is 0 Å². The van der Waals surface area contributed by atoms with E-state index in [4.69, 9.17) is 18.9 Å². The minimum atomic E-state index is -1.44. The number of Topliss-reactive ketones (excluding diaryl/α,β-unsaturated/α-hetero) is 1. The van der Waals surface area contributed by atoms with E-state index in [1.165, 1.54) is 21.0 Å². The SMILES string of the molecule is C/C=C(\C)C(=O)OC[C@]1(O)[C@H]2C[C@H]2[C@@]2(C)[C@H]1CC1=C(COC(C)=O)C(=O)O[C@@]13C1C4=C(C[C@@H]23)[C@H]2C[C@H]2[C@]4(C)[C@@H](O)C(=O)/C1=C(/C)C(=O)OC. The van der Waals surface area contributed by atoms with Crippen molar-refractivity contribution in [1.82, 2.24) is 0 Å². The van der Waals surface area contributed by atoms with Gasteiger partial charge in [0.25, 0.3) is 0 Å². The lowest BCUT2D eigenvalue weighted by atomic mass is 9.42. The van der Waals surface area contributed by atoms with Crippen LogP contribution in [0.3, 0.4) is 0 Å². The summed E-state index contributed by atoms with van der Waals surface area (Å²) in [6, 6.07) is 0. The van der Waals surface area contributed by atoms with Gasteiger partial charge in [0.15, 0.2) is 5.78 Å². The fourth-order valence-electron chi connectivity index (χ4n) is 12.1. The van der Waals surface area contributed by atoms with Gasteiger partial charge in [-0.2, -0.15) is 0 Å². The number of aliphatic hydroxyl groups is 2. The number of rotatable bonds is 6. The number of methoxy groups -OCH3 is 1. The van der Waals surface area contributed by atoms with Gasteiger partial charge < -0.3 is 29.2 Å². The molecule has 0 aromatic carbocycles. The zero-order valence-electron chi connectivity index (χ0n) is 29.0. The Morgan fingerprint density at radius 3 is 2.35 bits per heavy atom. The Morgan fingerprint density at radius 1 is 0.980 bits per heavy atom. The Balaban J connectivity index is 1.37. The molecule has 2 N–H and O–H groups in total. The number of fused-ring (bicyclic) bond motifs is 7. The Kier molecular flexibility index (Phi) is 6.67. The topological polar surface area (TPSA) is 163 Å². The van der Waals surface area contributed by atoms with Crippen LogP contribution >= 0.6 is 0 Å². The second-order valence-corrected chi connectivity index (χ2v) is 16.2. The van der Waals surface area contributed by atoms with Gasteiger partial charge >= 0.3 is 23.9 Å². The molecule has 1 heterocycles. The van der Waals surface area contributed by atoms with Gasteiger partial charge in [-0.05, 0) is 86.7 Å². The Hall–Kier alpha value is -3.57. The number of aliphatic hydroxyl groups excluding tert-OH is 1. The molecule has 8 aliphatic rings. The van der Waals surface area contributed by atoms with Crippen molar-refractivity contribution in [1.29, 1.82) is 0 Å². The number of carbonyl (C=O) groups excluding carboxylic acids is 5. The quantitative estimate of drug-likeness (QED) is 0.184. The summed E-state index contributed by atoms with van der Waals surface area (Å²) in [6.07, 6.45) is 2.50. The first-order valence-corrected chi connectivity index (χ1v) is 17.4. The molecule has 7 aliphatic carbocycles. The summed E-state index contributed by atoms with van der Waals surface area (Å²) in [5, 5.41) is 24.4. The molecule has 11 nitrogen and oxygen atoms in total. The number of allylic oxidation sites excluding steroid dienone is 2. The molecular weight excluding hydrogens is 632 g/mol. The van der Waals surface area contributed by atoms with Crippen LogP contribution in [0, 0.1) is 52.3 Å². The van der Waals surface area contributed by atoms with E-state index >= 15 is 0 Å². The summed E-state index contributed by atoms with van der Waals surface area (Å²) in [4.78, 5) is 66.8. The van der Waals surface area contributed by atoms with Gasteiger partial charge in [0.2, 0.25) is 0 Å². The molecule has 5 saturated carbocycles. The summed E-state index contributed by atoms with van der Waals surface area (Å²) in [5.41, 5.74) is -1.10. The van der Waals surface area contributed by atoms with Crippen molar-refractivity contribution >= 4 is 29.7 Å². The molecule has 0 radical (unpaired) electrons. The summed E-state index contributed by atoms with van der Waals surface area (Å²) in [5.74, 6) is -4.77. The largest absolute Gasteiger partial charge is 0.466 e. The molecule has 0 bridgehead atoms. The maximum atomic E-state index is 14.5. The van der Waals surface area contributed by atoms with Gasteiger partial charge in [0.1, 0.15) is 30.5 Å². The molecule has 8 rings (SSSR count). The van der Waals surface area contributed by atoms with Crippen molar-refractivity contribution in [2.24, 2.45) is 52.3 Å². The molecule has 262 valence electrons. The van der Waals surface area contributed by atoms with E-state index in [1.54, 1.807) is 19.9 Å². The monoisotopic (exact) mass is 676 g/mol. The molecule has 5 fully saturated rings. The van der Waals surface area contributed by atoms with Crippen LogP contribution in [0.1, 0.15) is 67.2 Å². The fraction of sp³-hybridized carbons (Fsp3) is 0.658. The zero-order chi connectivity index (χ0) is 35.3. The number of esters is 4. The highest BCUT2D eigenvalue weighted by Crippen LogP contribution is 2.83. The van der Waals surface area contributed by atoms with E-state index in [-0.39, 0.29) is 60.0 Å². The van der Waals surface area contributed by atoms with Gasteiger partial charge in [-0.25, -0.2) is 14.4 Å². The normalized spacial score (nSPS) is 46.1. The first-order chi connectivity index (χ1) is 23.0. The van der Waals surface area contributed by atoms with Crippen molar-refractivity contribution in [3.63, 3.8) is 0 Å². The molecule has 1 aliphatic heterocycles. The van der Waals surface area contributed by atoms with Gasteiger partial charge in [-0.3, -0.25) is 9.59 Å². The van der Waals surface area contributed by atoms with Crippen LogP contribution in [0.5, 0.6) is 0 Å². The van der Waals surface area contributed by atoms with Crippen molar-refractivity contribution in [3.05, 3.63) is 45.1 Å². The lowest BCUT2D eigenvalue weighted by Gasteiger charge is -2.63. The Morgan fingerprint density at radius 2 is 1.69 bits per heavy atom. The highest BCUT2D eigenvalue weighted by Gasteiger charge is 2.84. The fourth-order valence-corrected chi connectivity index (χ4v) is 12.1. The van der Waals surface area contributed by atoms with Crippen LogP contribution in [0.25, 0.3) is 0 Å². The van der Waals surface area contributed by atoms with Gasteiger partial charge in [-0.1, -0.05) is 25.5 Å². The maximum Gasteiger partial charge on any atom is 0.338 e. The van der Waals surface area contributed by atoms with E-state index in [0.717, 1.165) is 17.6 Å². The zero-order valence-corrected chi connectivity index (χ0v) is 29.0. The maximum absolute atomic E-state index is 14.5. The summed E-state index contributed by atoms with van der Waals surface area (Å²) in [7, 11) is 1.24. The first-order valence-electron chi connectivity index (χ1n) is 17.4. The standard InChI is InChI=1S/C38H44O11/c1-8-15(2)32(42)48-14-37(45)24-11-23(24)35(5)25(37)12-22-20(13-47-17(4)39)34(44)49-38(22)26(35)10-19-18-9-21(18)36(6)28(19)29(38)27(30(40)31(36)41)16(3)33(43)46-7/h8,18,21,23-26,29,31,41,45H,9-14H2,1-7H3/b15-8+,27-16-/t18-,21-,23-,24+,25-,26+,29?,31+,35+,36+,37+,38+/m1/s1.